The molecule has 2 N–H and O–H groups in total. The highest BCUT2D eigenvalue weighted by molar-refractivity contribution is 5.91. The van der Waals surface area contributed by atoms with Crippen LogP contribution in [0.3, 0.4) is 0 Å². The van der Waals surface area contributed by atoms with Gasteiger partial charge in [0, 0.05) is 6.42 Å². The number of hydrogen-bond acceptors (Lipinski definition) is 4. The third-order valence-corrected chi connectivity index (χ3v) is 6.69. The number of amides is 2. The summed E-state index contributed by atoms with van der Waals surface area (Å²) in [5, 5.41) is 5.61. The van der Waals surface area contributed by atoms with Crippen molar-refractivity contribution in [2.75, 3.05) is 7.11 Å². The fourth-order valence-electron chi connectivity index (χ4n) is 4.31. The average molecular weight is 497 g/mol. The first kappa shape index (κ1) is 33.4. The molecule has 0 rings (SSSR count). The van der Waals surface area contributed by atoms with Crippen LogP contribution in [-0.4, -0.2) is 37.0 Å². The summed E-state index contributed by atoms with van der Waals surface area (Å²) in [5.41, 5.74) is 0. The number of nitrogens with one attached hydrogen (secondary N) is 2. The number of carbonyl (C=O) groups excluding carboxylic acids is 3. The summed E-state index contributed by atoms with van der Waals surface area (Å²) in [7, 11) is 1.31. The van der Waals surface area contributed by atoms with Crippen LogP contribution in [0.1, 0.15) is 137 Å². The van der Waals surface area contributed by atoms with E-state index in [0.29, 0.717) is 6.42 Å². The van der Waals surface area contributed by atoms with Crippen LogP contribution >= 0.6 is 0 Å². The maximum absolute atomic E-state index is 12.7. The van der Waals surface area contributed by atoms with E-state index in [-0.39, 0.29) is 23.7 Å². The third-order valence-electron chi connectivity index (χ3n) is 6.69. The number of carbonyl (C=O) groups is 3. The number of hydrogen-bond donors (Lipinski definition) is 2. The van der Waals surface area contributed by atoms with Crippen LogP contribution < -0.4 is 10.6 Å². The van der Waals surface area contributed by atoms with Gasteiger partial charge in [-0.2, -0.15) is 0 Å². The lowest BCUT2D eigenvalue weighted by Gasteiger charge is -2.26. The Morgan fingerprint density at radius 1 is 0.600 bits per heavy atom. The van der Waals surface area contributed by atoms with E-state index in [2.05, 4.69) is 17.6 Å². The van der Waals surface area contributed by atoms with Crippen molar-refractivity contribution < 1.29 is 19.1 Å². The van der Waals surface area contributed by atoms with Gasteiger partial charge in [0.2, 0.25) is 11.8 Å². The summed E-state index contributed by atoms with van der Waals surface area (Å²) in [6.07, 6.45) is 19.8. The van der Waals surface area contributed by atoms with Gasteiger partial charge in [-0.05, 0) is 18.3 Å². The average Bonchev–Trinajstić information content (AvgIpc) is 2.82. The molecule has 35 heavy (non-hydrogen) atoms. The van der Waals surface area contributed by atoms with Crippen molar-refractivity contribution >= 4 is 17.8 Å². The molecule has 2 atom stereocenters. The normalized spacial score (nSPS) is 13.0. The molecule has 0 aliphatic heterocycles. The second kappa shape index (κ2) is 21.7. The SMILES string of the molecule is CCCCCCCCCCCCCCCCCC(=O)N[C@@H](C(=O)N[C@H](C(=O)OC)C(C)C)C(C)C. The van der Waals surface area contributed by atoms with Crippen molar-refractivity contribution in [3.63, 3.8) is 0 Å². The molecule has 0 spiro atoms. The smallest absolute Gasteiger partial charge is 0.328 e. The van der Waals surface area contributed by atoms with Crippen molar-refractivity contribution in [3.05, 3.63) is 0 Å². The van der Waals surface area contributed by atoms with Gasteiger partial charge in [-0.1, -0.05) is 125 Å². The van der Waals surface area contributed by atoms with E-state index < -0.39 is 18.1 Å². The summed E-state index contributed by atoms with van der Waals surface area (Å²) < 4.78 is 4.79. The zero-order valence-electron chi connectivity index (χ0n) is 23.8. The summed E-state index contributed by atoms with van der Waals surface area (Å²) in [5.74, 6) is -1.10. The molecule has 2 amide bonds. The second-order valence-electron chi connectivity index (χ2n) is 10.7. The Kier molecular flexibility index (Phi) is 20.7. The van der Waals surface area contributed by atoms with Gasteiger partial charge in [-0.15, -0.1) is 0 Å². The summed E-state index contributed by atoms with van der Waals surface area (Å²) >= 11 is 0. The standard InChI is InChI=1S/C29H56N2O4/c1-7-8-9-10-11-12-13-14-15-16-17-18-19-20-21-22-25(32)30-26(23(2)3)28(33)31-27(24(4)5)29(34)35-6/h23-24,26-27H,7-22H2,1-6H3,(H,30,32)(H,31,33)/t26-,27+/m1/s1. The topological polar surface area (TPSA) is 84.5 Å². The lowest BCUT2D eigenvalue weighted by molar-refractivity contribution is -0.146. The predicted molar refractivity (Wildman–Crippen MR) is 145 cm³/mol. The molecule has 0 fully saturated rings. The van der Waals surface area contributed by atoms with E-state index in [4.69, 9.17) is 4.74 Å². The molecule has 0 aliphatic carbocycles. The molecular weight excluding hydrogens is 440 g/mol. The molecule has 0 saturated carbocycles. The highest BCUT2D eigenvalue weighted by atomic mass is 16.5. The van der Waals surface area contributed by atoms with Crippen molar-refractivity contribution in [3.8, 4) is 0 Å². The molecule has 0 radical (unpaired) electrons. The number of unbranched alkanes of at least 4 members (excludes halogenated alkanes) is 14. The van der Waals surface area contributed by atoms with Gasteiger partial charge >= 0.3 is 5.97 Å². The van der Waals surface area contributed by atoms with E-state index in [1.165, 1.54) is 84.2 Å². The van der Waals surface area contributed by atoms with Gasteiger partial charge in [0.05, 0.1) is 7.11 Å². The van der Waals surface area contributed by atoms with Crippen molar-refractivity contribution in [2.24, 2.45) is 11.8 Å². The minimum Gasteiger partial charge on any atom is -0.467 e. The van der Waals surface area contributed by atoms with Gasteiger partial charge in [0.1, 0.15) is 12.1 Å². The van der Waals surface area contributed by atoms with Gasteiger partial charge in [-0.3, -0.25) is 9.59 Å². The Morgan fingerprint density at radius 2 is 1.00 bits per heavy atom. The van der Waals surface area contributed by atoms with Crippen LogP contribution in [0.2, 0.25) is 0 Å². The van der Waals surface area contributed by atoms with Crippen LogP contribution in [0.4, 0.5) is 0 Å². The van der Waals surface area contributed by atoms with Gasteiger partial charge in [0.25, 0.3) is 0 Å². The van der Waals surface area contributed by atoms with Crippen molar-refractivity contribution in [1.82, 2.24) is 10.6 Å². The first-order valence-electron chi connectivity index (χ1n) is 14.4. The minimum atomic E-state index is -0.721. The highest BCUT2D eigenvalue weighted by Gasteiger charge is 2.30. The van der Waals surface area contributed by atoms with E-state index in [1.807, 2.05) is 27.7 Å². The minimum absolute atomic E-state index is 0.0783. The van der Waals surface area contributed by atoms with Crippen LogP contribution in [-0.2, 0) is 19.1 Å². The Morgan fingerprint density at radius 3 is 1.37 bits per heavy atom. The second-order valence-corrected chi connectivity index (χ2v) is 10.7. The van der Waals surface area contributed by atoms with Crippen molar-refractivity contribution in [2.45, 2.75) is 149 Å². The maximum Gasteiger partial charge on any atom is 0.328 e. The van der Waals surface area contributed by atoms with Gasteiger partial charge < -0.3 is 15.4 Å². The van der Waals surface area contributed by atoms with E-state index in [9.17, 15) is 14.4 Å². The molecule has 6 nitrogen and oxygen atoms in total. The summed E-state index contributed by atoms with van der Waals surface area (Å²) in [6.45, 7) is 9.74. The van der Waals surface area contributed by atoms with Crippen LogP contribution in [0.15, 0.2) is 0 Å². The largest absolute Gasteiger partial charge is 0.467 e. The van der Waals surface area contributed by atoms with E-state index >= 15 is 0 Å². The molecule has 0 aromatic heterocycles. The molecule has 0 saturated heterocycles. The molecule has 0 aromatic rings. The van der Waals surface area contributed by atoms with Crippen LogP contribution in [0.5, 0.6) is 0 Å². The fraction of sp³-hybridized carbons (Fsp3) is 0.897. The fourth-order valence-corrected chi connectivity index (χ4v) is 4.31. The van der Waals surface area contributed by atoms with Crippen molar-refractivity contribution in [1.29, 1.82) is 0 Å². The maximum atomic E-state index is 12.7. The van der Waals surface area contributed by atoms with Crippen LogP contribution in [0.25, 0.3) is 0 Å². The first-order valence-corrected chi connectivity index (χ1v) is 14.4. The molecular formula is C29H56N2O4. The molecule has 0 aliphatic rings. The Hall–Kier alpha value is -1.59. The quantitative estimate of drug-likeness (QED) is 0.129. The molecule has 206 valence electrons. The van der Waals surface area contributed by atoms with E-state index in [0.717, 1.165) is 19.3 Å². The highest BCUT2D eigenvalue weighted by Crippen LogP contribution is 2.14. The van der Waals surface area contributed by atoms with E-state index in [1.54, 1.807) is 0 Å². The Bertz CT molecular complexity index is 563. The number of esters is 1. The lowest BCUT2D eigenvalue weighted by atomic mass is 10.00. The molecule has 0 aromatic carbocycles. The Labute approximate surface area is 216 Å². The predicted octanol–water partition coefficient (Wildman–Crippen LogP) is 6.70. The third kappa shape index (κ3) is 17.5. The zero-order valence-corrected chi connectivity index (χ0v) is 23.8. The lowest BCUT2D eigenvalue weighted by Crippen LogP contribution is -2.55. The Balaban J connectivity index is 3.95. The summed E-state index contributed by atoms with van der Waals surface area (Å²) in [4.78, 5) is 37.1. The van der Waals surface area contributed by atoms with Crippen LogP contribution in [0, 0.1) is 11.8 Å². The zero-order chi connectivity index (χ0) is 26.5. The van der Waals surface area contributed by atoms with Gasteiger partial charge in [0.15, 0.2) is 0 Å². The molecule has 0 heterocycles. The monoisotopic (exact) mass is 496 g/mol. The molecule has 0 unspecified atom stereocenters. The number of methoxy groups -OCH3 is 1. The molecule has 0 bridgehead atoms. The first-order chi connectivity index (χ1) is 16.7. The number of ether oxygens (including phenoxy) is 1. The van der Waals surface area contributed by atoms with Gasteiger partial charge in [-0.25, -0.2) is 4.79 Å². The number of rotatable bonds is 22. The molecule has 6 heteroatoms. The summed E-state index contributed by atoms with van der Waals surface area (Å²) in [6, 6.07) is -1.38.